The predicted octanol–water partition coefficient (Wildman–Crippen LogP) is 4.45. The summed E-state index contributed by atoms with van der Waals surface area (Å²) in [6.45, 7) is -0.184. The Labute approximate surface area is 180 Å². The van der Waals surface area contributed by atoms with E-state index in [1.54, 1.807) is 16.7 Å². The van der Waals surface area contributed by atoms with Crippen LogP contribution in [0, 0.1) is 0 Å². The number of amides is 1. The first kappa shape index (κ1) is 18.9. The number of rotatable bonds is 4. The van der Waals surface area contributed by atoms with Crippen LogP contribution in [-0.2, 0) is 11.3 Å². The Hall–Kier alpha value is -3.10. The highest BCUT2D eigenvalue weighted by Crippen LogP contribution is 2.43. The van der Waals surface area contributed by atoms with E-state index in [0.29, 0.717) is 0 Å². The molecule has 4 aromatic rings. The van der Waals surface area contributed by atoms with Crippen molar-refractivity contribution in [1.82, 2.24) is 9.78 Å². The van der Waals surface area contributed by atoms with Crippen LogP contribution < -0.4 is 10.7 Å². The fourth-order valence-electron chi connectivity index (χ4n) is 3.53. The fourth-order valence-corrected chi connectivity index (χ4v) is 5.34. The third-order valence-corrected chi connectivity index (χ3v) is 6.91. The van der Waals surface area contributed by atoms with Crippen molar-refractivity contribution in [1.29, 1.82) is 0 Å². The van der Waals surface area contributed by atoms with Gasteiger partial charge < -0.3 is 9.32 Å². The number of aromatic nitrogens is 2. The van der Waals surface area contributed by atoms with Gasteiger partial charge in [-0.15, -0.1) is 28.2 Å². The van der Waals surface area contributed by atoms with E-state index in [1.165, 1.54) is 11.3 Å². The van der Waals surface area contributed by atoms with Crippen LogP contribution in [0.15, 0.2) is 86.2 Å². The maximum Gasteiger partial charge on any atom is 0.437 e. The first-order valence-corrected chi connectivity index (χ1v) is 11.3. The van der Waals surface area contributed by atoms with Crippen LogP contribution in [0.5, 0.6) is 0 Å². The van der Waals surface area contributed by atoms with Crippen molar-refractivity contribution in [2.45, 2.75) is 17.5 Å². The van der Waals surface area contributed by atoms with Gasteiger partial charge in [-0.25, -0.2) is 4.79 Å². The molecule has 6 nitrogen and oxygen atoms in total. The zero-order valence-electron chi connectivity index (χ0n) is 15.8. The third-order valence-electron chi connectivity index (χ3n) is 4.91. The molecule has 0 spiro atoms. The van der Waals surface area contributed by atoms with E-state index in [2.05, 4.69) is 5.10 Å². The summed E-state index contributed by atoms with van der Waals surface area (Å²) >= 11 is 3.16. The molecule has 0 N–H and O–H groups in total. The zero-order chi connectivity index (χ0) is 20.5. The second-order valence-electron chi connectivity index (χ2n) is 6.78. The Bertz CT molecular complexity index is 1230. The average molecular weight is 436 g/mol. The SMILES string of the molecule is O=C(Cn1nc(-c2cccs2)oc1=O)N1c2ccccc2SC[C@H]1c1ccccc1. The van der Waals surface area contributed by atoms with Crippen LogP contribution in [0.25, 0.3) is 10.8 Å². The summed E-state index contributed by atoms with van der Waals surface area (Å²) in [6.07, 6.45) is 0. The van der Waals surface area contributed by atoms with Crippen molar-refractivity contribution in [2.24, 2.45) is 0 Å². The largest absolute Gasteiger partial charge is 0.437 e. The zero-order valence-corrected chi connectivity index (χ0v) is 17.4. The second-order valence-corrected chi connectivity index (χ2v) is 8.79. The van der Waals surface area contributed by atoms with Gasteiger partial charge in [-0.2, -0.15) is 4.68 Å². The monoisotopic (exact) mass is 435 g/mol. The Morgan fingerprint density at radius 2 is 1.87 bits per heavy atom. The van der Waals surface area contributed by atoms with E-state index in [0.717, 1.165) is 31.5 Å². The number of nitrogens with zero attached hydrogens (tertiary/aromatic N) is 3. The number of thiophene rings is 1. The number of carbonyl (C=O) groups is 1. The fraction of sp³-hybridized carbons (Fsp3) is 0.136. The quantitative estimate of drug-likeness (QED) is 0.474. The van der Waals surface area contributed by atoms with Crippen LogP contribution in [0.2, 0.25) is 0 Å². The van der Waals surface area contributed by atoms with E-state index < -0.39 is 5.76 Å². The minimum absolute atomic E-state index is 0.127. The summed E-state index contributed by atoms with van der Waals surface area (Å²) in [7, 11) is 0. The van der Waals surface area contributed by atoms with Crippen molar-refractivity contribution < 1.29 is 9.21 Å². The molecule has 0 bridgehead atoms. The van der Waals surface area contributed by atoms with Crippen molar-refractivity contribution in [3.8, 4) is 10.8 Å². The molecule has 8 heteroatoms. The number of benzene rings is 2. The maximum atomic E-state index is 13.4. The number of carbonyl (C=O) groups excluding carboxylic acids is 1. The van der Waals surface area contributed by atoms with Crippen LogP contribution in [0.3, 0.4) is 0 Å². The van der Waals surface area contributed by atoms with Gasteiger partial charge in [0, 0.05) is 10.6 Å². The van der Waals surface area contributed by atoms with E-state index >= 15 is 0 Å². The van der Waals surface area contributed by atoms with Gasteiger partial charge in [-0.1, -0.05) is 48.5 Å². The molecule has 2 aromatic carbocycles. The number of fused-ring (bicyclic) bond motifs is 1. The number of hydrogen-bond donors (Lipinski definition) is 0. The lowest BCUT2D eigenvalue weighted by Gasteiger charge is -2.37. The molecule has 150 valence electrons. The van der Waals surface area contributed by atoms with Crippen molar-refractivity contribution in [2.75, 3.05) is 10.7 Å². The lowest BCUT2D eigenvalue weighted by Crippen LogP contribution is -2.41. The molecule has 30 heavy (non-hydrogen) atoms. The molecule has 0 saturated carbocycles. The Balaban J connectivity index is 1.50. The molecule has 0 radical (unpaired) electrons. The first-order chi connectivity index (χ1) is 14.7. The number of anilines is 1. The third kappa shape index (κ3) is 3.48. The van der Waals surface area contributed by atoms with Gasteiger partial charge in [-0.3, -0.25) is 4.79 Å². The van der Waals surface area contributed by atoms with Crippen LogP contribution in [-0.4, -0.2) is 21.4 Å². The molecule has 0 unspecified atom stereocenters. The van der Waals surface area contributed by atoms with Crippen molar-refractivity contribution in [3.63, 3.8) is 0 Å². The molecule has 0 aliphatic carbocycles. The van der Waals surface area contributed by atoms with Gasteiger partial charge in [0.1, 0.15) is 6.54 Å². The van der Waals surface area contributed by atoms with Gasteiger partial charge in [0.25, 0.3) is 5.89 Å². The molecule has 3 heterocycles. The highest BCUT2D eigenvalue weighted by molar-refractivity contribution is 7.99. The molecule has 2 aromatic heterocycles. The van der Waals surface area contributed by atoms with Gasteiger partial charge in [0.2, 0.25) is 5.91 Å². The van der Waals surface area contributed by atoms with E-state index in [9.17, 15) is 9.59 Å². The molecular formula is C22H17N3O3S2. The molecule has 1 aliphatic rings. The van der Waals surface area contributed by atoms with Crippen LogP contribution >= 0.6 is 23.1 Å². The van der Waals surface area contributed by atoms with Crippen LogP contribution in [0.1, 0.15) is 11.6 Å². The summed E-state index contributed by atoms with van der Waals surface area (Å²) in [6, 6.07) is 21.3. The minimum atomic E-state index is -0.636. The summed E-state index contributed by atoms with van der Waals surface area (Å²) in [5.74, 6) is 0.130. The van der Waals surface area contributed by atoms with Crippen molar-refractivity contribution in [3.05, 3.63) is 88.2 Å². The van der Waals surface area contributed by atoms with Gasteiger partial charge in [-0.05, 0) is 29.1 Å². The molecule has 0 fully saturated rings. The lowest BCUT2D eigenvalue weighted by atomic mass is 10.1. The summed E-state index contributed by atoms with van der Waals surface area (Å²) in [5, 5.41) is 6.12. The Morgan fingerprint density at radius 3 is 2.67 bits per heavy atom. The Kier molecular flexibility index (Phi) is 5.02. The van der Waals surface area contributed by atoms with E-state index in [-0.39, 0.29) is 24.4 Å². The standard InChI is InChI=1S/C22H17N3O3S2/c26-20(13-24-22(27)28-21(23-24)19-11-6-12-29-19)25-16-9-4-5-10-18(16)30-14-17(25)15-7-2-1-3-8-15/h1-12,17H,13-14H2/t17-/m0/s1. The van der Waals surface area contributed by atoms with E-state index in [4.69, 9.17) is 4.42 Å². The van der Waals surface area contributed by atoms with Crippen LogP contribution in [0.4, 0.5) is 5.69 Å². The average Bonchev–Trinajstić information content (AvgIpc) is 3.44. The predicted molar refractivity (Wildman–Crippen MR) is 118 cm³/mol. The normalized spacial score (nSPS) is 15.7. The summed E-state index contributed by atoms with van der Waals surface area (Å²) in [5.41, 5.74) is 1.90. The Morgan fingerprint density at radius 1 is 1.07 bits per heavy atom. The van der Waals surface area contributed by atoms with Gasteiger partial charge in [0.05, 0.1) is 16.6 Å². The second kappa shape index (κ2) is 7.97. The van der Waals surface area contributed by atoms with Gasteiger partial charge in [0.15, 0.2) is 0 Å². The highest BCUT2D eigenvalue weighted by Gasteiger charge is 2.33. The molecule has 1 amide bonds. The number of hydrogen-bond acceptors (Lipinski definition) is 6. The molecule has 1 atom stereocenters. The first-order valence-electron chi connectivity index (χ1n) is 9.41. The maximum absolute atomic E-state index is 13.4. The lowest BCUT2D eigenvalue weighted by molar-refractivity contribution is -0.119. The smallest absolute Gasteiger partial charge is 0.387 e. The molecule has 0 saturated heterocycles. The summed E-state index contributed by atoms with van der Waals surface area (Å²) in [4.78, 5) is 29.3. The molecule has 1 aliphatic heterocycles. The van der Waals surface area contributed by atoms with E-state index in [1.807, 2.05) is 72.1 Å². The molecular weight excluding hydrogens is 418 g/mol. The molecule has 5 rings (SSSR count). The number of thioether (sulfide) groups is 1. The van der Waals surface area contributed by atoms with Gasteiger partial charge >= 0.3 is 5.76 Å². The summed E-state index contributed by atoms with van der Waals surface area (Å²) < 4.78 is 6.36. The minimum Gasteiger partial charge on any atom is -0.387 e. The van der Waals surface area contributed by atoms with Crippen molar-refractivity contribution >= 4 is 34.7 Å². The number of para-hydroxylation sites is 1. The topological polar surface area (TPSA) is 68.3 Å². The highest BCUT2D eigenvalue weighted by atomic mass is 32.2.